The molecule has 0 saturated carbocycles. The summed E-state index contributed by atoms with van der Waals surface area (Å²) in [4.78, 5) is 31.7. The van der Waals surface area contributed by atoms with E-state index in [0.717, 1.165) is 37.0 Å². The zero-order valence-electron chi connectivity index (χ0n) is 15.4. The predicted octanol–water partition coefficient (Wildman–Crippen LogP) is 3.49. The minimum absolute atomic E-state index is 0.0622. The highest BCUT2D eigenvalue weighted by molar-refractivity contribution is 6.30. The van der Waals surface area contributed by atoms with E-state index in [2.05, 4.69) is 10.3 Å². The van der Waals surface area contributed by atoms with Gasteiger partial charge < -0.3 is 14.8 Å². The SMILES string of the molecule is O=C(Cn1c(CC(=O)N2CCCC2)nc2ccccc21)Nc1ccc(Cl)cc1. The summed E-state index contributed by atoms with van der Waals surface area (Å²) in [6.45, 7) is 1.69. The van der Waals surface area contributed by atoms with Crippen LogP contribution in [0.2, 0.25) is 5.02 Å². The number of fused-ring (bicyclic) bond motifs is 1. The fourth-order valence-electron chi connectivity index (χ4n) is 3.53. The summed E-state index contributed by atoms with van der Waals surface area (Å²) in [7, 11) is 0. The van der Waals surface area contributed by atoms with Crippen LogP contribution in [0.5, 0.6) is 0 Å². The van der Waals surface area contributed by atoms with Gasteiger partial charge in [-0.05, 0) is 49.2 Å². The van der Waals surface area contributed by atoms with Crippen LogP contribution in [-0.2, 0) is 22.6 Å². The van der Waals surface area contributed by atoms with Gasteiger partial charge in [-0.25, -0.2) is 4.98 Å². The molecule has 6 nitrogen and oxygen atoms in total. The van der Waals surface area contributed by atoms with Crippen LogP contribution in [0.3, 0.4) is 0 Å². The number of hydrogen-bond donors (Lipinski definition) is 1. The summed E-state index contributed by atoms with van der Waals surface area (Å²) in [5, 5.41) is 3.48. The number of carbonyl (C=O) groups excluding carboxylic acids is 2. The van der Waals surface area contributed by atoms with Crippen LogP contribution in [0, 0.1) is 0 Å². The molecular weight excluding hydrogens is 376 g/mol. The second-order valence-electron chi connectivity index (χ2n) is 6.92. The Morgan fingerprint density at radius 2 is 1.75 bits per heavy atom. The molecule has 2 aromatic carbocycles. The van der Waals surface area contributed by atoms with Crippen LogP contribution in [0.25, 0.3) is 11.0 Å². The van der Waals surface area contributed by atoms with Crippen molar-refractivity contribution in [2.24, 2.45) is 0 Å². The number of rotatable bonds is 5. The lowest BCUT2D eigenvalue weighted by atomic mass is 10.3. The van der Waals surface area contributed by atoms with Crippen molar-refractivity contribution in [3.8, 4) is 0 Å². The lowest BCUT2D eigenvalue weighted by Gasteiger charge is -2.15. The van der Waals surface area contributed by atoms with Crippen molar-refractivity contribution in [2.75, 3.05) is 18.4 Å². The fourth-order valence-corrected chi connectivity index (χ4v) is 3.65. The second kappa shape index (κ2) is 8.02. The van der Waals surface area contributed by atoms with Crippen molar-refractivity contribution in [1.29, 1.82) is 0 Å². The van der Waals surface area contributed by atoms with E-state index >= 15 is 0 Å². The molecule has 1 aromatic heterocycles. The number of likely N-dealkylation sites (tertiary alicyclic amines) is 1. The normalized spacial score (nSPS) is 13.8. The summed E-state index contributed by atoms with van der Waals surface area (Å²) < 4.78 is 1.83. The second-order valence-corrected chi connectivity index (χ2v) is 7.36. The first-order valence-electron chi connectivity index (χ1n) is 9.37. The minimum atomic E-state index is -0.180. The van der Waals surface area contributed by atoms with Crippen molar-refractivity contribution >= 4 is 40.1 Å². The third-order valence-electron chi connectivity index (χ3n) is 4.93. The Kier molecular flexibility index (Phi) is 5.30. The number of hydrogen-bond acceptors (Lipinski definition) is 3. The average molecular weight is 397 g/mol. The van der Waals surface area contributed by atoms with Crippen LogP contribution < -0.4 is 5.32 Å². The number of anilines is 1. The van der Waals surface area contributed by atoms with Crippen molar-refractivity contribution in [1.82, 2.24) is 14.5 Å². The van der Waals surface area contributed by atoms with Crippen molar-refractivity contribution in [3.05, 3.63) is 59.4 Å². The molecule has 0 aliphatic carbocycles. The van der Waals surface area contributed by atoms with Gasteiger partial charge in [-0.2, -0.15) is 0 Å². The van der Waals surface area contributed by atoms with Gasteiger partial charge in [-0.15, -0.1) is 0 Å². The van der Waals surface area contributed by atoms with Gasteiger partial charge in [-0.3, -0.25) is 9.59 Å². The number of amides is 2. The van der Waals surface area contributed by atoms with Gasteiger partial charge in [0.05, 0.1) is 17.5 Å². The lowest BCUT2D eigenvalue weighted by molar-refractivity contribution is -0.129. The highest BCUT2D eigenvalue weighted by Gasteiger charge is 2.22. The Hall–Kier alpha value is -2.86. The molecule has 28 heavy (non-hydrogen) atoms. The van der Waals surface area contributed by atoms with Gasteiger partial charge >= 0.3 is 0 Å². The van der Waals surface area contributed by atoms with Crippen LogP contribution in [0.15, 0.2) is 48.5 Å². The van der Waals surface area contributed by atoms with Gasteiger partial charge in [0.15, 0.2) is 0 Å². The van der Waals surface area contributed by atoms with E-state index in [0.29, 0.717) is 16.5 Å². The summed E-state index contributed by atoms with van der Waals surface area (Å²) >= 11 is 5.89. The summed E-state index contributed by atoms with van der Waals surface area (Å²) in [5.74, 6) is 0.497. The standard InChI is InChI=1S/C21H21ClN4O2/c22-15-7-9-16(10-8-15)23-20(27)14-26-18-6-2-1-5-17(18)24-19(26)13-21(28)25-11-3-4-12-25/h1-2,5-10H,3-4,11-14H2,(H,23,27). The molecule has 0 bridgehead atoms. The smallest absolute Gasteiger partial charge is 0.244 e. The van der Waals surface area contributed by atoms with Gasteiger partial charge in [-0.1, -0.05) is 23.7 Å². The largest absolute Gasteiger partial charge is 0.342 e. The quantitative estimate of drug-likeness (QED) is 0.717. The van der Waals surface area contributed by atoms with Crippen molar-refractivity contribution < 1.29 is 9.59 Å². The lowest BCUT2D eigenvalue weighted by Crippen LogP contribution is -2.30. The number of benzene rings is 2. The zero-order chi connectivity index (χ0) is 19.5. The van der Waals surface area contributed by atoms with Crippen LogP contribution in [0.4, 0.5) is 5.69 Å². The molecule has 1 fully saturated rings. The maximum absolute atomic E-state index is 12.6. The third-order valence-corrected chi connectivity index (χ3v) is 5.18. The molecule has 3 aromatic rings. The third kappa shape index (κ3) is 4.02. The average Bonchev–Trinajstić information content (AvgIpc) is 3.33. The molecule has 144 valence electrons. The van der Waals surface area contributed by atoms with Crippen LogP contribution >= 0.6 is 11.6 Å². The molecule has 1 saturated heterocycles. The first-order chi connectivity index (χ1) is 13.6. The Morgan fingerprint density at radius 1 is 1.04 bits per heavy atom. The molecule has 1 N–H and O–H groups in total. The van der Waals surface area contributed by atoms with Crippen LogP contribution in [0.1, 0.15) is 18.7 Å². The van der Waals surface area contributed by atoms with E-state index in [1.807, 2.05) is 33.7 Å². The van der Waals surface area contributed by atoms with Crippen molar-refractivity contribution in [2.45, 2.75) is 25.8 Å². The van der Waals surface area contributed by atoms with E-state index in [1.54, 1.807) is 24.3 Å². The Labute approximate surface area is 168 Å². The van der Waals surface area contributed by atoms with E-state index in [1.165, 1.54) is 0 Å². The molecule has 0 unspecified atom stereocenters. The fraction of sp³-hybridized carbons (Fsp3) is 0.286. The number of carbonyl (C=O) groups is 2. The highest BCUT2D eigenvalue weighted by Crippen LogP contribution is 2.19. The Balaban J connectivity index is 1.56. The number of para-hydroxylation sites is 2. The molecule has 0 radical (unpaired) electrons. The van der Waals surface area contributed by atoms with Crippen molar-refractivity contribution in [3.63, 3.8) is 0 Å². The molecule has 0 atom stereocenters. The van der Waals surface area contributed by atoms with Gasteiger partial charge in [0.2, 0.25) is 11.8 Å². The molecule has 4 rings (SSSR count). The van der Waals surface area contributed by atoms with Crippen LogP contribution in [-0.4, -0.2) is 39.4 Å². The first-order valence-corrected chi connectivity index (χ1v) is 9.75. The summed E-state index contributed by atoms with van der Waals surface area (Å²) in [5.41, 5.74) is 2.30. The maximum Gasteiger partial charge on any atom is 0.244 e. The Morgan fingerprint density at radius 3 is 2.50 bits per heavy atom. The zero-order valence-corrected chi connectivity index (χ0v) is 16.2. The molecule has 2 amide bonds. The first kappa shape index (κ1) is 18.5. The predicted molar refractivity (Wildman–Crippen MR) is 109 cm³/mol. The van der Waals surface area contributed by atoms with E-state index in [4.69, 9.17) is 11.6 Å². The molecule has 1 aliphatic heterocycles. The van der Waals surface area contributed by atoms with E-state index in [-0.39, 0.29) is 24.8 Å². The number of nitrogens with zero attached hydrogens (tertiary/aromatic N) is 3. The van der Waals surface area contributed by atoms with E-state index < -0.39 is 0 Å². The molecule has 1 aliphatic rings. The Bertz CT molecular complexity index is 1010. The molecule has 0 spiro atoms. The molecule has 7 heteroatoms. The highest BCUT2D eigenvalue weighted by atomic mass is 35.5. The molecule has 2 heterocycles. The number of imidazole rings is 1. The van der Waals surface area contributed by atoms with Gasteiger partial charge in [0.1, 0.15) is 12.4 Å². The minimum Gasteiger partial charge on any atom is -0.342 e. The summed E-state index contributed by atoms with van der Waals surface area (Å²) in [6, 6.07) is 14.6. The summed E-state index contributed by atoms with van der Waals surface area (Å²) in [6.07, 6.45) is 2.29. The van der Waals surface area contributed by atoms with E-state index in [9.17, 15) is 9.59 Å². The van der Waals surface area contributed by atoms with Gasteiger partial charge in [0, 0.05) is 23.8 Å². The maximum atomic E-state index is 12.6. The monoisotopic (exact) mass is 396 g/mol. The number of nitrogens with one attached hydrogen (secondary N) is 1. The number of halogens is 1. The van der Waals surface area contributed by atoms with Gasteiger partial charge in [0.25, 0.3) is 0 Å². The topological polar surface area (TPSA) is 67.2 Å². The molecular formula is C21H21ClN4O2. The number of aromatic nitrogens is 2.